The van der Waals surface area contributed by atoms with Crippen LogP contribution in [-0.4, -0.2) is 13.1 Å². The summed E-state index contributed by atoms with van der Waals surface area (Å²) in [7, 11) is 1.38. The lowest BCUT2D eigenvalue weighted by Gasteiger charge is -2.16. The summed E-state index contributed by atoms with van der Waals surface area (Å²) in [6.45, 7) is 4.04. The number of benzene rings is 1. The average Bonchev–Trinajstić information content (AvgIpc) is 2.86. The summed E-state index contributed by atoms with van der Waals surface area (Å²) in [6.07, 6.45) is 0. The normalized spacial score (nSPS) is 12.0. The van der Waals surface area contributed by atoms with Gasteiger partial charge in [0.1, 0.15) is 0 Å². The Bertz CT molecular complexity index is 624. The Labute approximate surface area is 127 Å². The molecule has 0 amide bonds. The van der Waals surface area contributed by atoms with Gasteiger partial charge in [-0.15, -0.1) is 11.3 Å². The largest absolute Gasteiger partial charge is 0.465 e. The third-order valence-corrected chi connectivity index (χ3v) is 4.22. The highest BCUT2D eigenvalue weighted by molar-refractivity contribution is 7.14. The number of thiophene rings is 1. The fraction of sp³-hybridized carbons (Fsp3) is 0.267. The van der Waals surface area contributed by atoms with Crippen molar-refractivity contribution in [1.29, 1.82) is 0 Å². The summed E-state index contributed by atoms with van der Waals surface area (Å²) >= 11 is 7.47. The summed E-state index contributed by atoms with van der Waals surface area (Å²) in [6, 6.07) is 7.59. The molecule has 0 spiro atoms. The number of rotatable bonds is 4. The first kappa shape index (κ1) is 14.9. The molecule has 2 aromatic rings. The minimum absolute atomic E-state index is 0.154. The topological polar surface area (TPSA) is 38.3 Å². The van der Waals surface area contributed by atoms with Crippen LogP contribution in [0.5, 0.6) is 0 Å². The SMILES string of the molecule is COC(=O)c1ccc(NC(C)c2csc(Cl)c2)c(C)c1. The summed E-state index contributed by atoms with van der Waals surface area (Å²) in [5.41, 5.74) is 3.70. The molecule has 2 rings (SSSR count). The zero-order valence-electron chi connectivity index (χ0n) is 11.6. The van der Waals surface area contributed by atoms with Crippen LogP contribution in [0.15, 0.2) is 29.6 Å². The van der Waals surface area contributed by atoms with E-state index in [4.69, 9.17) is 16.3 Å². The van der Waals surface area contributed by atoms with Gasteiger partial charge >= 0.3 is 5.97 Å². The van der Waals surface area contributed by atoms with Gasteiger partial charge in [0.25, 0.3) is 0 Å². The zero-order chi connectivity index (χ0) is 14.7. The van der Waals surface area contributed by atoms with Gasteiger partial charge in [0, 0.05) is 11.7 Å². The number of carbonyl (C=O) groups is 1. The van der Waals surface area contributed by atoms with Gasteiger partial charge < -0.3 is 10.1 Å². The lowest BCUT2D eigenvalue weighted by Crippen LogP contribution is -2.08. The molecular formula is C15H16ClNO2S. The highest BCUT2D eigenvalue weighted by Crippen LogP contribution is 2.28. The van der Waals surface area contributed by atoms with E-state index in [1.807, 2.05) is 30.5 Å². The van der Waals surface area contributed by atoms with Crippen molar-refractivity contribution in [2.75, 3.05) is 12.4 Å². The number of esters is 1. The number of anilines is 1. The molecule has 0 saturated carbocycles. The van der Waals surface area contributed by atoms with E-state index >= 15 is 0 Å². The summed E-state index contributed by atoms with van der Waals surface area (Å²) in [4.78, 5) is 11.5. The molecule has 1 unspecified atom stereocenters. The van der Waals surface area contributed by atoms with Gasteiger partial charge in [-0.05, 0) is 54.6 Å². The molecule has 0 aliphatic rings. The fourth-order valence-electron chi connectivity index (χ4n) is 1.94. The third kappa shape index (κ3) is 3.32. The molecule has 1 atom stereocenters. The molecule has 106 valence electrons. The van der Waals surface area contributed by atoms with Crippen LogP contribution >= 0.6 is 22.9 Å². The average molecular weight is 310 g/mol. The predicted octanol–water partition coefficient (Wildman–Crippen LogP) is 4.67. The minimum atomic E-state index is -0.322. The van der Waals surface area contributed by atoms with Crippen LogP contribution in [-0.2, 0) is 4.74 Å². The third-order valence-electron chi connectivity index (χ3n) is 3.11. The highest BCUT2D eigenvalue weighted by atomic mass is 35.5. The van der Waals surface area contributed by atoms with Gasteiger partial charge in [0.05, 0.1) is 17.0 Å². The molecule has 3 nitrogen and oxygen atoms in total. The molecule has 0 fully saturated rings. The second-order valence-corrected chi connectivity index (χ2v) is 6.11. The number of hydrogen-bond acceptors (Lipinski definition) is 4. The Morgan fingerprint density at radius 2 is 2.15 bits per heavy atom. The first-order valence-electron chi connectivity index (χ1n) is 6.20. The predicted molar refractivity (Wildman–Crippen MR) is 83.9 cm³/mol. The molecule has 5 heteroatoms. The zero-order valence-corrected chi connectivity index (χ0v) is 13.1. The molecule has 1 N–H and O–H groups in total. The molecule has 20 heavy (non-hydrogen) atoms. The maximum atomic E-state index is 11.5. The van der Waals surface area contributed by atoms with Crippen LogP contribution in [0.3, 0.4) is 0 Å². The van der Waals surface area contributed by atoms with Crippen molar-refractivity contribution in [2.24, 2.45) is 0 Å². The Morgan fingerprint density at radius 1 is 1.40 bits per heavy atom. The van der Waals surface area contributed by atoms with E-state index in [1.54, 1.807) is 6.07 Å². The van der Waals surface area contributed by atoms with Crippen molar-refractivity contribution >= 4 is 34.6 Å². The molecule has 1 aromatic heterocycles. The van der Waals surface area contributed by atoms with E-state index in [9.17, 15) is 4.79 Å². The van der Waals surface area contributed by atoms with E-state index in [2.05, 4.69) is 12.2 Å². The van der Waals surface area contributed by atoms with Gasteiger partial charge in [-0.3, -0.25) is 0 Å². The van der Waals surface area contributed by atoms with Gasteiger partial charge in [0.2, 0.25) is 0 Å². The van der Waals surface area contributed by atoms with Crippen molar-refractivity contribution in [2.45, 2.75) is 19.9 Å². The van der Waals surface area contributed by atoms with Crippen LogP contribution in [0.1, 0.15) is 34.5 Å². The molecule has 0 bridgehead atoms. The maximum Gasteiger partial charge on any atom is 0.337 e. The summed E-state index contributed by atoms with van der Waals surface area (Å²) in [5, 5.41) is 5.46. The van der Waals surface area contributed by atoms with Crippen LogP contribution < -0.4 is 5.32 Å². The van der Waals surface area contributed by atoms with E-state index in [0.717, 1.165) is 21.2 Å². The lowest BCUT2D eigenvalue weighted by atomic mass is 10.1. The van der Waals surface area contributed by atoms with Crippen LogP contribution in [0, 0.1) is 6.92 Å². The molecule has 0 saturated heterocycles. The maximum absolute atomic E-state index is 11.5. The molecule has 0 aliphatic heterocycles. The number of hydrogen-bond donors (Lipinski definition) is 1. The van der Waals surface area contributed by atoms with Crippen LogP contribution in [0.4, 0.5) is 5.69 Å². The Kier molecular flexibility index (Phi) is 4.68. The van der Waals surface area contributed by atoms with Crippen molar-refractivity contribution in [3.8, 4) is 0 Å². The summed E-state index contributed by atoms with van der Waals surface area (Å²) < 4.78 is 5.50. The minimum Gasteiger partial charge on any atom is -0.465 e. The van der Waals surface area contributed by atoms with Crippen molar-refractivity contribution in [3.63, 3.8) is 0 Å². The number of nitrogens with one attached hydrogen (secondary N) is 1. The molecule has 0 aliphatic carbocycles. The molecule has 1 heterocycles. The number of ether oxygens (including phenoxy) is 1. The smallest absolute Gasteiger partial charge is 0.337 e. The monoisotopic (exact) mass is 309 g/mol. The standard InChI is InChI=1S/C15H16ClNO2S/c1-9-6-11(15(18)19-3)4-5-13(9)17-10(2)12-7-14(16)20-8-12/h4-8,10,17H,1-3H3. The van der Waals surface area contributed by atoms with Crippen molar-refractivity contribution in [1.82, 2.24) is 0 Å². The summed E-state index contributed by atoms with van der Waals surface area (Å²) in [5.74, 6) is -0.322. The van der Waals surface area contributed by atoms with E-state index < -0.39 is 0 Å². The Morgan fingerprint density at radius 3 is 2.70 bits per heavy atom. The Hall–Kier alpha value is -1.52. The number of halogens is 1. The molecule has 0 radical (unpaired) electrons. The van der Waals surface area contributed by atoms with Crippen LogP contribution in [0.25, 0.3) is 0 Å². The van der Waals surface area contributed by atoms with Gasteiger partial charge in [0.15, 0.2) is 0 Å². The Balaban J connectivity index is 2.15. The first-order valence-corrected chi connectivity index (χ1v) is 7.46. The van der Waals surface area contributed by atoms with E-state index in [-0.39, 0.29) is 12.0 Å². The number of carbonyl (C=O) groups excluding carboxylic acids is 1. The second-order valence-electron chi connectivity index (χ2n) is 4.57. The first-order chi connectivity index (χ1) is 9.51. The van der Waals surface area contributed by atoms with E-state index in [1.165, 1.54) is 18.4 Å². The number of aryl methyl sites for hydroxylation is 1. The lowest BCUT2D eigenvalue weighted by molar-refractivity contribution is 0.0600. The quantitative estimate of drug-likeness (QED) is 0.834. The number of methoxy groups -OCH3 is 1. The molecular weight excluding hydrogens is 294 g/mol. The van der Waals surface area contributed by atoms with Crippen molar-refractivity contribution in [3.05, 3.63) is 50.7 Å². The fourth-order valence-corrected chi connectivity index (χ4v) is 2.92. The van der Waals surface area contributed by atoms with Gasteiger partial charge in [-0.1, -0.05) is 11.6 Å². The van der Waals surface area contributed by atoms with E-state index in [0.29, 0.717) is 5.56 Å². The van der Waals surface area contributed by atoms with Crippen LogP contribution in [0.2, 0.25) is 4.34 Å². The molecule has 1 aromatic carbocycles. The van der Waals surface area contributed by atoms with Gasteiger partial charge in [-0.2, -0.15) is 0 Å². The second kappa shape index (κ2) is 6.29. The van der Waals surface area contributed by atoms with Crippen molar-refractivity contribution < 1.29 is 9.53 Å². The van der Waals surface area contributed by atoms with Gasteiger partial charge in [-0.25, -0.2) is 4.79 Å². The highest BCUT2D eigenvalue weighted by Gasteiger charge is 2.11.